The Morgan fingerprint density at radius 3 is 2.71 bits per heavy atom. The van der Waals surface area contributed by atoms with Gasteiger partial charge in [0.15, 0.2) is 0 Å². The number of hydrogen-bond acceptors (Lipinski definition) is 4. The zero-order chi connectivity index (χ0) is 15.6. The zero-order valence-corrected chi connectivity index (χ0v) is 12.3. The van der Waals surface area contributed by atoms with E-state index in [4.69, 9.17) is 10.8 Å². The third-order valence-electron chi connectivity index (χ3n) is 3.83. The Hall–Kier alpha value is -1.92. The van der Waals surface area contributed by atoms with Gasteiger partial charge in [-0.05, 0) is 31.9 Å². The minimum Gasteiger partial charge on any atom is -0.480 e. The fourth-order valence-electron chi connectivity index (χ4n) is 2.57. The summed E-state index contributed by atoms with van der Waals surface area (Å²) >= 11 is 0. The van der Waals surface area contributed by atoms with Crippen LogP contribution in [0.1, 0.15) is 17.5 Å². The molecule has 0 spiro atoms. The molecule has 1 amide bonds. The number of carboxylic acids is 1. The van der Waals surface area contributed by atoms with Crippen molar-refractivity contribution in [2.45, 2.75) is 25.8 Å². The van der Waals surface area contributed by atoms with Gasteiger partial charge in [0.1, 0.15) is 5.54 Å². The number of rotatable bonds is 4. The molecule has 114 valence electrons. The standard InChI is InChI=1S/C15H21N3O3/c1-10-3-4-12(11(2)7-10)17-13(19)8-18-6-5-15(16,9-18)14(20)21/h3-4,7H,5-6,8-9,16H2,1-2H3,(H,17,19)(H,20,21). The number of nitrogens with one attached hydrogen (secondary N) is 1. The Balaban J connectivity index is 1.93. The second kappa shape index (κ2) is 5.83. The molecule has 0 aliphatic carbocycles. The lowest BCUT2D eigenvalue weighted by molar-refractivity contribution is -0.143. The van der Waals surface area contributed by atoms with Gasteiger partial charge in [0, 0.05) is 18.8 Å². The Bertz CT molecular complexity index is 573. The second-order valence-corrected chi connectivity index (χ2v) is 5.79. The Morgan fingerprint density at radius 2 is 2.14 bits per heavy atom. The summed E-state index contributed by atoms with van der Waals surface area (Å²) in [6.07, 6.45) is 0.360. The summed E-state index contributed by atoms with van der Waals surface area (Å²) in [5.74, 6) is -1.17. The summed E-state index contributed by atoms with van der Waals surface area (Å²) in [5.41, 5.74) is 7.47. The minimum atomic E-state index is -1.24. The van der Waals surface area contributed by atoms with E-state index in [1.807, 2.05) is 32.0 Å². The lowest BCUT2D eigenvalue weighted by atomic mass is 10.0. The zero-order valence-electron chi connectivity index (χ0n) is 12.3. The Kier molecular flexibility index (Phi) is 4.29. The van der Waals surface area contributed by atoms with Crippen molar-refractivity contribution in [2.24, 2.45) is 5.73 Å². The molecular weight excluding hydrogens is 270 g/mol. The third kappa shape index (κ3) is 3.59. The van der Waals surface area contributed by atoms with Crippen molar-refractivity contribution in [3.05, 3.63) is 29.3 Å². The number of likely N-dealkylation sites (tertiary alicyclic amines) is 1. The third-order valence-corrected chi connectivity index (χ3v) is 3.83. The molecule has 0 radical (unpaired) electrons. The molecule has 6 heteroatoms. The van der Waals surface area contributed by atoms with Gasteiger partial charge in [0.25, 0.3) is 0 Å². The maximum atomic E-state index is 12.0. The molecule has 1 aromatic rings. The van der Waals surface area contributed by atoms with Gasteiger partial charge in [-0.1, -0.05) is 17.7 Å². The van der Waals surface area contributed by atoms with Crippen LogP contribution in [0.15, 0.2) is 18.2 Å². The first-order valence-corrected chi connectivity index (χ1v) is 6.92. The molecule has 0 aromatic heterocycles. The normalized spacial score (nSPS) is 22.2. The monoisotopic (exact) mass is 291 g/mol. The van der Waals surface area contributed by atoms with E-state index in [-0.39, 0.29) is 19.0 Å². The predicted molar refractivity (Wildman–Crippen MR) is 80.2 cm³/mol. The van der Waals surface area contributed by atoms with Crippen molar-refractivity contribution in [1.82, 2.24) is 4.90 Å². The molecule has 1 unspecified atom stereocenters. The molecule has 6 nitrogen and oxygen atoms in total. The van der Waals surface area contributed by atoms with E-state index in [0.29, 0.717) is 13.0 Å². The maximum Gasteiger partial charge on any atom is 0.325 e. The largest absolute Gasteiger partial charge is 0.480 e. The van der Waals surface area contributed by atoms with Gasteiger partial charge >= 0.3 is 5.97 Å². The fraction of sp³-hybridized carbons (Fsp3) is 0.467. The Morgan fingerprint density at radius 1 is 1.43 bits per heavy atom. The molecule has 2 rings (SSSR count). The molecule has 1 aromatic carbocycles. The topological polar surface area (TPSA) is 95.7 Å². The lowest BCUT2D eigenvalue weighted by Crippen LogP contribution is -2.50. The van der Waals surface area contributed by atoms with Crippen LogP contribution in [0, 0.1) is 13.8 Å². The number of aliphatic carboxylic acids is 1. The first-order valence-electron chi connectivity index (χ1n) is 6.92. The summed E-state index contributed by atoms with van der Waals surface area (Å²) in [6.45, 7) is 4.80. The summed E-state index contributed by atoms with van der Waals surface area (Å²) in [7, 11) is 0. The van der Waals surface area contributed by atoms with E-state index in [1.165, 1.54) is 0 Å². The van der Waals surface area contributed by atoms with Crippen LogP contribution in [0.3, 0.4) is 0 Å². The average Bonchev–Trinajstić information content (AvgIpc) is 2.76. The fourth-order valence-corrected chi connectivity index (χ4v) is 2.57. The van der Waals surface area contributed by atoms with Crippen LogP contribution >= 0.6 is 0 Å². The number of carbonyl (C=O) groups excluding carboxylic acids is 1. The number of carbonyl (C=O) groups is 2. The molecule has 4 N–H and O–H groups in total. The van der Waals surface area contributed by atoms with E-state index >= 15 is 0 Å². The molecule has 1 atom stereocenters. The highest BCUT2D eigenvalue weighted by molar-refractivity contribution is 5.93. The van der Waals surface area contributed by atoms with Gasteiger partial charge in [-0.25, -0.2) is 0 Å². The molecule has 1 saturated heterocycles. The van der Waals surface area contributed by atoms with E-state index in [9.17, 15) is 9.59 Å². The number of anilines is 1. The van der Waals surface area contributed by atoms with Crippen molar-refractivity contribution >= 4 is 17.6 Å². The van der Waals surface area contributed by atoms with Gasteiger partial charge in [-0.3, -0.25) is 14.5 Å². The van der Waals surface area contributed by atoms with E-state index in [2.05, 4.69) is 5.32 Å². The molecule has 1 aliphatic rings. The number of hydrogen-bond donors (Lipinski definition) is 3. The SMILES string of the molecule is Cc1ccc(NC(=O)CN2CCC(N)(C(=O)O)C2)c(C)c1. The van der Waals surface area contributed by atoms with Crippen molar-refractivity contribution in [2.75, 3.05) is 25.0 Å². The van der Waals surface area contributed by atoms with Crippen molar-refractivity contribution in [3.8, 4) is 0 Å². The minimum absolute atomic E-state index is 0.152. The number of nitrogens with zero attached hydrogens (tertiary/aromatic N) is 1. The van der Waals surface area contributed by atoms with Crippen LogP contribution < -0.4 is 11.1 Å². The van der Waals surface area contributed by atoms with Gasteiger partial charge in [0.05, 0.1) is 6.54 Å². The predicted octanol–water partition coefficient (Wildman–Crippen LogP) is 0.730. The first-order chi connectivity index (χ1) is 9.80. The molecule has 0 saturated carbocycles. The van der Waals surface area contributed by atoms with Crippen LogP contribution in [-0.4, -0.2) is 47.1 Å². The maximum absolute atomic E-state index is 12.0. The molecule has 1 heterocycles. The van der Waals surface area contributed by atoms with Crippen molar-refractivity contribution in [3.63, 3.8) is 0 Å². The number of nitrogens with two attached hydrogens (primary N) is 1. The van der Waals surface area contributed by atoms with Gasteiger partial charge in [-0.15, -0.1) is 0 Å². The highest BCUT2D eigenvalue weighted by Gasteiger charge is 2.41. The van der Waals surface area contributed by atoms with Crippen LogP contribution in [0.2, 0.25) is 0 Å². The number of benzene rings is 1. The highest BCUT2D eigenvalue weighted by Crippen LogP contribution is 2.19. The smallest absolute Gasteiger partial charge is 0.325 e. The van der Waals surface area contributed by atoms with E-state index in [0.717, 1.165) is 16.8 Å². The molecular formula is C15H21N3O3. The number of carboxylic acid groups (broad SMARTS) is 1. The molecule has 0 bridgehead atoms. The number of amides is 1. The summed E-state index contributed by atoms with van der Waals surface area (Å²) < 4.78 is 0. The molecule has 1 fully saturated rings. The Labute approximate surface area is 123 Å². The van der Waals surface area contributed by atoms with Crippen LogP contribution in [-0.2, 0) is 9.59 Å². The number of aryl methyl sites for hydroxylation is 2. The van der Waals surface area contributed by atoms with Gasteiger partial charge in [0.2, 0.25) is 5.91 Å². The molecule has 21 heavy (non-hydrogen) atoms. The van der Waals surface area contributed by atoms with Crippen molar-refractivity contribution in [1.29, 1.82) is 0 Å². The lowest BCUT2D eigenvalue weighted by Gasteiger charge is -2.19. The second-order valence-electron chi connectivity index (χ2n) is 5.79. The van der Waals surface area contributed by atoms with E-state index in [1.54, 1.807) is 4.90 Å². The highest BCUT2D eigenvalue weighted by atomic mass is 16.4. The summed E-state index contributed by atoms with van der Waals surface area (Å²) in [4.78, 5) is 24.9. The van der Waals surface area contributed by atoms with Crippen molar-refractivity contribution < 1.29 is 14.7 Å². The summed E-state index contributed by atoms with van der Waals surface area (Å²) in [5, 5.41) is 11.9. The van der Waals surface area contributed by atoms with Gasteiger partial charge < -0.3 is 16.2 Å². The van der Waals surface area contributed by atoms with Crippen LogP contribution in [0.4, 0.5) is 5.69 Å². The van der Waals surface area contributed by atoms with E-state index < -0.39 is 11.5 Å². The van der Waals surface area contributed by atoms with Gasteiger partial charge in [-0.2, -0.15) is 0 Å². The van der Waals surface area contributed by atoms with Crippen LogP contribution in [0.5, 0.6) is 0 Å². The average molecular weight is 291 g/mol. The quantitative estimate of drug-likeness (QED) is 0.760. The summed E-state index contributed by atoms with van der Waals surface area (Å²) in [6, 6.07) is 5.81. The van der Waals surface area contributed by atoms with Crippen LogP contribution in [0.25, 0.3) is 0 Å². The molecule has 1 aliphatic heterocycles. The first kappa shape index (κ1) is 15.5.